The molecule has 3 rings (SSSR count). The van der Waals surface area contributed by atoms with Crippen molar-refractivity contribution < 1.29 is 0 Å². The van der Waals surface area contributed by atoms with Gasteiger partial charge in [-0.2, -0.15) is 11.8 Å². The Hall–Kier alpha value is -1.95. The fourth-order valence-corrected chi connectivity index (χ4v) is 4.28. The van der Waals surface area contributed by atoms with Gasteiger partial charge < -0.3 is 14.8 Å². The summed E-state index contributed by atoms with van der Waals surface area (Å²) in [6.07, 6.45) is 6.88. The summed E-state index contributed by atoms with van der Waals surface area (Å²) in [6, 6.07) is 8.70. The molecule has 134 valence electrons. The second-order valence-electron chi connectivity index (χ2n) is 6.30. The van der Waals surface area contributed by atoms with Crippen LogP contribution in [0.2, 0.25) is 0 Å². The van der Waals surface area contributed by atoms with Crippen molar-refractivity contribution in [1.82, 2.24) is 19.8 Å². The highest BCUT2D eigenvalue weighted by atomic mass is 32.2. The first-order valence-electron chi connectivity index (χ1n) is 8.89. The summed E-state index contributed by atoms with van der Waals surface area (Å²) in [5.74, 6) is 2.19. The van der Waals surface area contributed by atoms with Crippen molar-refractivity contribution in [3.8, 4) is 0 Å². The summed E-state index contributed by atoms with van der Waals surface area (Å²) in [7, 11) is 1.88. The summed E-state index contributed by atoms with van der Waals surface area (Å²) in [5.41, 5.74) is 2.56. The number of hydrogen-bond donors (Lipinski definition) is 1. The number of guanidine groups is 1. The zero-order valence-electron chi connectivity index (χ0n) is 15.1. The Morgan fingerprint density at radius 3 is 3.04 bits per heavy atom. The van der Waals surface area contributed by atoms with Crippen molar-refractivity contribution in [3.05, 3.63) is 54.1 Å². The van der Waals surface area contributed by atoms with E-state index in [4.69, 9.17) is 0 Å². The maximum absolute atomic E-state index is 4.49. The van der Waals surface area contributed by atoms with Crippen molar-refractivity contribution in [3.63, 3.8) is 0 Å². The number of benzene rings is 1. The molecule has 2 heterocycles. The van der Waals surface area contributed by atoms with Crippen molar-refractivity contribution >= 4 is 17.7 Å². The number of nitrogens with zero attached hydrogens (tertiary/aromatic N) is 4. The Bertz CT molecular complexity index is 683. The van der Waals surface area contributed by atoms with Crippen LogP contribution in [0.1, 0.15) is 24.5 Å². The first-order valence-corrected chi connectivity index (χ1v) is 9.94. The number of imidazole rings is 1. The lowest BCUT2D eigenvalue weighted by molar-refractivity contribution is 0.408. The highest BCUT2D eigenvalue weighted by molar-refractivity contribution is 8.00. The van der Waals surface area contributed by atoms with Gasteiger partial charge in [0.1, 0.15) is 0 Å². The van der Waals surface area contributed by atoms with Crippen LogP contribution in [0.25, 0.3) is 0 Å². The van der Waals surface area contributed by atoms with Crippen LogP contribution in [0.3, 0.4) is 0 Å². The van der Waals surface area contributed by atoms with Gasteiger partial charge >= 0.3 is 0 Å². The van der Waals surface area contributed by atoms with Gasteiger partial charge in [-0.1, -0.05) is 31.2 Å². The highest BCUT2D eigenvalue weighted by Gasteiger charge is 2.21. The fourth-order valence-electron chi connectivity index (χ4n) is 3.10. The van der Waals surface area contributed by atoms with Gasteiger partial charge in [-0.3, -0.25) is 4.99 Å². The molecule has 0 amide bonds. The first-order chi connectivity index (χ1) is 12.3. The molecule has 0 saturated carbocycles. The van der Waals surface area contributed by atoms with Crippen LogP contribution >= 0.6 is 11.8 Å². The zero-order valence-corrected chi connectivity index (χ0v) is 15.9. The van der Waals surface area contributed by atoms with Gasteiger partial charge in [0.2, 0.25) is 0 Å². The number of nitrogens with one attached hydrogen (secondary N) is 1. The number of aromatic nitrogens is 2. The molecule has 1 fully saturated rings. The first kappa shape index (κ1) is 17.9. The predicted octanol–water partition coefficient (Wildman–Crippen LogP) is 2.83. The van der Waals surface area contributed by atoms with E-state index < -0.39 is 0 Å². The summed E-state index contributed by atoms with van der Waals surface area (Å²) >= 11 is 2.08. The lowest BCUT2D eigenvalue weighted by Crippen LogP contribution is -2.47. The van der Waals surface area contributed by atoms with Crippen molar-refractivity contribution in [2.75, 3.05) is 25.9 Å². The molecule has 1 aromatic heterocycles. The van der Waals surface area contributed by atoms with Crippen LogP contribution in [0.15, 0.2) is 48.0 Å². The molecule has 25 heavy (non-hydrogen) atoms. The minimum atomic E-state index is 0.714. The van der Waals surface area contributed by atoms with Crippen molar-refractivity contribution in [1.29, 1.82) is 0 Å². The van der Waals surface area contributed by atoms with E-state index in [-0.39, 0.29) is 0 Å². The van der Waals surface area contributed by atoms with E-state index in [1.165, 1.54) is 23.3 Å². The van der Waals surface area contributed by atoms with E-state index in [1.807, 2.05) is 25.8 Å². The molecule has 1 N–H and O–H groups in total. The number of aliphatic imine (C=N–C) groups is 1. The van der Waals surface area contributed by atoms with Gasteiger partial charge in [0, 0.05) is 56.6 Å². The molecular formula is C19H27N5S. The van der Waals surface area contributed by atoms with Gasteiger partial charge in [-0.25, -0.2) is 4.98 Å². The van der Waals surface area contributed by atoms with Crippen LogP contribution in [0.5, 0.6) is 0 Å². The summed E-state index contributed by atoms with van der Waals surface area (Å²) in [6.45, 7) is 6.07. The normalized spacial score (nSPS) is 18.4. The monoisotopic (exact) mass is 357 g/mol. The average molecular weight is 358 g/mol. The molecule has 1 atom stereocenters. The molecule has 5 nitrogen and oxygen atoms in total. The van der Waals surface area contributed by atoms with E-state index in [0.717, 1.165) is 32.1 Å². The maximum atomic E-state index is 4.49. The quantitative estimate of drug-likeness (QED) is 0.660. The van der Waals surface area contributed by atoms with Crippen molar-refractivity contribution in [2.45, 2.75) is 31.7 Å². The predicted molar refractivity (Wildman–Crippen MR) is 106 cm³/mol. The third-order valence-electron chi connectivity index (χ3n) is 4.47. The fraction of sp³-hybridized carbons (Fsp3) is 0.474. The molecule has 0 spiro atoms. The smallest absolute Gasteiger partial charge is 0.193 e. The average Bonchev–Trinajstić information content (AvgIpc) is 3.16. The van der Waals surface area contributed by atoms with Crippen LogP contribution in [0, 0.1) is 0 Å². The maximum Gasteiger partial charge on any atom is 0.193 e. The summed E-state index contributed by atoms with van der Waals surface area (Å²) in [4.78, 5) is 11.0. The third-order valence-corrected chi connectivity index (χ3v) is 5.84. The highest BCUT2D eigenvalue weighted by Crippen LogP contribution is 2.21. The van der Waals surface area contributed by atoms with Gasteiger partial charge in [-0.15, -0.1) is 0 Å². The van der Waals surface area contributed by atoms with E-state index in [1.54, 1.807) is 0 Å². The Kier molecular flexibility index (Phi) is 6.39. The Balaban J connectivity index is 1.58. The van der Waals surface area contributed by atoms with E-state index >= 15 is 0 Å². The lowest BCUT2D eigenvalue weighted by atomic mass is 10.1. The van der Waals surface area contributed by atoms with Gasteiger partial charge in [0.25, 0.3) is 0 Å². The van der Waals surface area contributed by atoms with Crippen LogP contribution in [0.4, 0.5) is 0 Å². The lowest BCUT2D eigenvalue weighted by Gasteiger charge is -2.34. The summed E-state index contributed by atoms with van der Waals surface area (Å²) in [5, 5.41) is 4.25. The van der Waals surface area contributed by atoms with Crippen LogP contribution in [-0.4, -0.2) is 51.6 Å². The van der Waals surface area contributed by atoms with E-state index in [0.29, 0.717) is 5.25 Å². The molecule has 1 unspecified atom stereocenters. The van der Waals surface area contributed by atoms with Gasteiger partial charge in [0.05, 0.1) is 6.33 Å². The largest absolute Gasteiger partial charge is 0.352 e. The molecule has 0 bridgehead atoms. The Labute approximate surface area is 154 Å². The molecular weight excluding hydrogens is 330 g/mol. The molecule has 2 aromatic rings. The second kappa shape index (κ2) is 8.94. The SMILES string of the molecule is CCC1CN(C(=NC)NCc2cccc(Cn3ccnc3)c2)CCS1. The molecule has 0 aliphatic carbocycles. The number of rotatable bonds is 5. The minimum absolute atomic E-state index is 0.714. The van der Waals surface area contributed by atoms with Gasteiger partial charge in [0.15, 0.2) is 5.96 Å². The standard InChI is InChI=1S/C19H27N5S/c1-3-18-14-24(9-10-25-18)19(20-2)22-12-16-5-4-6-17(11-16)13-23-8-7-21-15-23/h4-8,11,15,18H,3,9-10,12-14H2,1-2H3,(H,20,22). The number of hydrogen-bond acceptors (Lipinski definition) is 3. The molecule has 1 aromatic carbocycles. The van der Waals surface area contributed by atoms with Gasteiger partial charge in [-0.05, 0) is 17.5 Å². The number of thioether (sulfide) groups is 1. The Morgan fingerprint density at radius 2 is 2.28 bits per heavy atom. The van der Waals surface area contributed by atoms with Crippen LogP contribution in [-0.2, 0) is 13.1 Å². The Morgan fingerprint density at radius 1 is 1.40 bits per heavy atom. The van der Waals surface area contributed by atoms with Crippen LogP contribution < -0.4 is 5.32 Å². The molecule has 0 radical (unpaired) electrons. The minimum Gasteiger partial charge on any atom is -0.352 e. The third kappa shape index (κ3) is 5.01. The molecule has 1 aliphatic rings. The topological polar surface area (TPSA) is 45.5 Å². The molecule has 6 heteroatoms. The second-order valence-corrected chi connectivity index (χ2v) is 7.71. The van der Waals surface area contributed by atoms with E-state index in [9.17, 15) is 0 Å². The van der Waals surface area contributed by atoms with E-state index in [2.05, 4.69) is 67.7 Å². The summed E-state index contributed by atoms with van der Waals surface area (Å²) < 4.78 is 2.09. The molecule has 1 saturated heterocycles. The zero-order chi connectivity index (χ0) is 17.5. The van der Waals surface area contributed by atoms with Crippen molar-refractivity contribution in [2.24, 2.45) is 4.99 Å². The molecule has 1 aliphatic heterocycles.